The van der Waals surface area contributed by atoms with Crippen LogP contribution in [0.4, 0.5) is 0 Å². The van der Waals surface area contributed by atoms with Crippen molar-refractivity contribution in [3.05, 3.63) is 12.2 Å². The summed E-state index contributed by atoms with van der Waals surface area (Å²) in [5.41, 5.74) is 0.0819. The minimum absolute atomic E-state index is 0.0819. The van der Waals surface area contributed by atoms with E-state index in [4.69, 9.17) is 0 Å². The second-order valence-corrected chi connectivity index (χ2v) is 5.50. The second-order valence-electron chi connectivity index (χ2n) is 5.50. The summed E-state index contributed by atoms with van der Waals surface area (Å²) >= 11 is 0. The number of rotatable bonds is 5. The van der Waals surface area contributed by atoms with Crippen molar-refractivity contribution in [2.75, 3.05) is 0 Å². The molecular formula is C13H25N3. The van der Waals surface area contributed by atoms with Crippen LogP contribution in [0.3, 0.4) is 0 Å². The molecule has 0 radical (unpaired) electrons. The zero-order valence-electron chi connectivity index (χ0n) is 11.3. The van der Waals surface area contributed by atoms with Crippen LogP contribution in [0.2, 0.25) is 0 Å². The molecule has 1 heterocycles. The lowest BCUT2D eigenvalue weighted by molar-refractivity contribution is 0.362. The van der Waals surface area contributed by atoms with E-state index < -0.39 is 0 Å². The molecule has 0 saturated carbocycles. The van der Waals surface area contributed by atoms with Crippen molar-refractivity contribution in [2.24, 2.45) is 0 Å². The van der Waals surface area contributed by atoms with Gasteiger partial charge in [0.1, 0.15) is 12.2 Å². The van der Waals surface area contributed by atoms with Crippen molar-refractivity contribution in [1.29, 1.82) is 0 Å². The molecular weight excluding hydrogens is 198 g/mol. The largest absolute Gasteiger partial charge is 0.312 e. The highest BCUT2D eigenvalue weighted by molar-refractivity contribution is 5.00. The molecule has 0 saturated heterocycles. The van der Waals surface area contributed by atoms with E-state index in [0.717, 1.165) is 5.82 Å². The van der Waals surface area contributed by atoms with Crippen molar-refractivity contribution in [2.45, 2.75) is 71.8 Å². The summed E-state index contributed by atoms with van der Waals surface area (Å²) in [5, 5.41) is 8.42. The van der Waals surface area contributed by atoms with Crippen LogP contribution in [-0.2, 0) is 5.54 Å². The molecule has 0 aromatic carbocycles. The summed E-state index contributed by atoms with van der Waals surface area (Å²) in [6.07, 6.45) is 6.71. The first kappa shape index (κ1) is 13.2. The molecule has 16 heavy (non-hydrogen) atoms. The van der Waals surface area contributed by atoms with Gasteiger partial charge in [0.2, 0.25) is 0 Å². The molecule has 92 valence electrons. The average Bonchev–Trinajstić information content (AvgIpc) is 2.65. The molecule has 1 rings (SSSR count). The lowest BCUT2D eigenvalue weighted by atomic mass is 9.96. The quantitative estimate of drug-likeness (QED) is 0.761. The summed E-state index contributed by atoms with van der Waals surface area (Å²) in [7, 11) is 0. The highest BCUT2D eigenvalue weighted by Crippen LogP contribution is 2.27. The fraction of sp³-hybridized carbons (Fsp3) is 0.846. The Labute approximate surface area is 99.3 Å². The molecule has 0 aliphatic heterocycles. The predicted octanol–water partition coefficient (Wildman–Crippen LogP) is 3.72. The van der Waals surface area contributed by atoms with E-state index in [0.29, 0.717) is 5.92 Å². The first-order chi connectivity index (χ1) is 7.50. The molecule has 0 bridgehead atoms. The van der Waals surface area contributed by atoms with Gasteiger partial charge in [0.25, 0.3) is 0 Å². The van der Waals surface area contributed by atoms with Gasteiger partial charge in [0.15, 0.2) is 0 Å². The van der Waals surface area contributed by atoms with Crippen LogP contribution in [0.25, 0.3) is 0 Å². The van der Waals surface area contributed by atoms with E-state index in [9.17, 15) is 0 Å². The molecule has 0 atom stereocenters. The van der Waals surface area contributed by atoms with Crippen LogP contribution in [-0.4, -0.2) is 14.8 Å². The first-order valence-electron chi connectivity index (χ1n) is 6.41. The minimum atomic E-state index is 0.0819. The number of nitrogens with zero attached hydrogens (tertiary/aromatic N) is 3. The van der Waals surface area contributed by atoms with Crippen LogP contribution in [0.5, 0.6) is 0 Å². The normalized spacial score (nSPS) is 12.4. The van der Waals surface area contributed by atoms with Crippen molar-refractivity contribution in [3.63, 3.8) is 0 Å². The standard InChI is InChI=1S/C13H25N3/c1-6-8-11(9-7-2)12-15-14-10-16(12)13(3,4)5/h10-11H,6-9H2,1-5H3. The molecule has 1 aromatic rings. The van der Waals surface area contributed by atoms with Crippen LogP contribution in [0, 0.1) is 0 Å². The van der Waals surface area contributed by atoms with Gasteiger partial charge in [-0.3, -0.25) is 0 Å². The first-order valence-corrected chi connectivity index (χ1v) is 6.41. The Balaban J connectivity index is 2.95. The van der Waals surface area contributed by atoms with Crippen molar-refractivity contribution >= 4 is 0 Å². The van der Waals surface area contributed by atoms with Crippen LogP contribution < -0.4 is 0 Å². The highest BCUT2D eigenvalue weighted by Gasteiger charge is 2.22. The van der Waals surface area contributed by atoms with E-state index in [1.165, 1.54) is 25.7 Å². The lowest BCUT2D eigenvalue weighted by Gasteiger charge is -2.25. The molecule has 0 unspecified atom stereocenters. The summed E-state index contributed by atoms with van der Waals surface area (Å²) in [4.78, 5) is 0. The smallest absolute Gasteiger partial charge is 0.136 e. The molecule has 0 aliphatic carbocycles. The monoisotopic (exact) mass is 223 g/mol. The summed E-state index contributed by atoms with van der Waals surface area (Å²) in [5.74, 6) is 1.73. The molecule has 0 N–H and O–H groups in total. The summed E-state index contributed by atoms with van der Waals surface area (Å²) in [6.45, 7) is 11.1. The van der Waals surface area contributed by atoms with Gasteiger partial charge in [0, 0.05) is 11.5 Å². The zero-order chi connectivity index (χ0) is 12.2. The number of hydrogen-bond acceptors (Lipinski definition) is 2. The Morgan fingerprint density at radius 1 is 1.19 bits per heavy atom. The maximum Gasteiger partial charge on any atom is 0.136 e. The Bertz CT molecular complexity index is 303. The van der Waals surface area contributed by atoms with E-state index in [1.807, 2.05) is 6.33 Å². The van der Waals surface area contributed by atoms with E-state index in [-0.39, 0.29) is 5.54 Å². The minimum Gasteiger partial charge on any atom is -0.312 e. The predicted molar refractivity (Wildman–Crippen MR) is 67.6 cm³/mol. The summed E-state index contributed by atoms with van der Waals surface area (Å²) in [6, 6.07) is 0. The van der Waals surface area contributed by atoms with Crippen LogP contribution >= 0.6 is 0 Å². The van der Waals surface area contributed by atoms with Gasteiger partial charge < -0.3 is 4.57 Å². The van der Waals surface area contributed by atoms with Crippen LogP contribution in [0.15, 0.2) is 6.33 Å². The third-order valence-electron chi connectivity index (χ3n) is 2.94. The molecule has 0 spiro atoms. The molecule has 3 nitrogen and oxygen atoms in total. The number of aromatic nitrogens is 3. The highest BCUT2D eigenvalue weighted by atomic mass is 15.3. The Kier molecular flexibility index (Phi) is 4.51. The van der Waals surface area contributed by atoms with Gasteiger partial charge in [-0.25, -0.2) is 0 Å². The third kappa shape index (κ3) is 3.06. The molecule has 0 fully saturated rings. The van der Waals surface area contributed by atoms with E-state index >= 15 is 0 Å². The Hall–Kier alpha value is -0.860. The van der Waals surface area contributed by atoms with Gasteiger partial charge in [-0.1, -0.05) is 26.7 Å². The summed E-state index contributed by atoms with van der Waals surface area (Å²) < 4.78 is 2.23. The van der Waals surface area contributed by atoms with E-state index in [1.54, 1.807) is 0 Å². The molecule has 0 aliphatic rings. The van der Waals surface area contributed by atoms with Crippen LogP contribution in [0.1, 0.15) is 72.0 Å². The molecule has 0 amide bonds. The Morgan fingerprint density at radius 2 is 1.75 bits per heavy atom. The van der Waals surface area contributed by atoms with Crippen molar-refractivity contribution < 1.29 is 0 Å². The van der Waals surface area contributed by atoms with Gasteiger partial charge >= 0.3 is 0 Å². The van der Waals surface area contributed by atoms with Gasteiger partial charge in [-0.2, -0.15) is 0 Å². The lowest BCUT2D eigenvalue weighted by Crippen LogP contribution is -2.25. The van der Waals surface area contributed by atoms with E-state index in [2.05, 4.69) is 49.4 Å². The topological polar surface area (TPSA) is 30.7 Å². The zero-order valence-corrected chi connectivity index (χ0v) is 11.3. The van der Waals surface area contributed by atoms with Crippen molar-refractivity contribution in [3.8, 4) is 0 Å². The molecule has 3 heteroatoms. The fourth-order valence-electron chi connectivity index (χ4n) is 2.14. The maximum atomic E-state index is 4.33. The van der Waals surface area contributed by atoms with Gasteiger partial charge in [-0.05, 0) is 33.6 Å². The SMILES string of the molecule is CCCC(CCC)c1nncn1C(C)(C)C. The van der Waals surface area contributed by atoms with Crippen molar-refractivity contribution in [1.82, 2.24) is 14.8 Å². The van der Waals surface area contributed by atoms with Gasteiger partial charge in [-0.15, -0.1) is 10.2 Å². The second kappa shape index (κ2) is 5.46. The molecule has 1 aromatic heterocycles. The Morgan fingerprint density at radius 3 is 2.19 bits per heavy atom. The maximum absolute atomic E-state index is 4.33. The van der Waals surface area contributed by atoms with Gasteiger partial charge in [0.05, 0.1) is 0 Å². The number of hydrogen-bond donors (Lipinski definition) is 0. The third-order valence-corrected chi connectivity index (χ3v) is 2.94. The fourth-order valence-corrected chi connectivity index (χ4v) is 2.14. The average molecular weight is 223 g/mol.